The lowest BCUT2D eigenvalue weighted by atomic mass is 9.84. The molecule has 0 aliphatic carbocycles. The van der Waals surface area contributed by atoms with Gasteiger partial charge in [0.25, 0.3) is 0 Å². The molecule has 0 spiro atoms. The second-order valence-corrected chi connectivity index (χ2v) is 5.43. The van der Waals surface area contributed by atoms with E-state index in [1.165, 1.54) is 25.1 Å². The number of hydrogen-bond acceptors (Lipinski definition) is 5. The van der Waals surface area contributed by atoms with E-state index in [2.05, 4.69) is 40.3 Å². The lowest BCUT2D eigenvalue weighted by Gasteiger charge is -2.46. The fourth-order valence-electron chi connectivity index (χ4n) is 3.13. The molecular weight excluding hydrogens is 202 g/mol. The van der Waals surface area contributed by atoms with E-state index >= 15 is 0 Å². The Bertz CT molecular complexity index is 301. The van der Waals surface area contributed by atoms with Crippen LogP contribution in [0.4, 0.5) is 0 Å². The largest absolute Gasteiger partial charge is 0.309 e. The average molecular weight is 223 g/mol. The van der Waals surface area contributed by atoms with E-state index in [1.807, 2.05) is 0 Å². The number of rotatable bonds is 1. The molecule has 3 N–H and O–H groups in total. The summed E-state index contributed by atoms with van der Waals surface area (Å²) < 4.78 is 0. The Balaban J connectivity index is 1.71. The normalized spacial score (nSPS) is 37.8. The smallest absolute Gasteiger partial charge is 0.142 e. The molecular formula is C11H21N5. The van der Waals surface area contributed by atoms with E-state index < -0.39 is 0 Å². The maximum absolute atomic E-state index is 4.26. The molecule has 3 heterocycles. The van der Waals surface area contributed by atoms with Crippen LogP contribution in [0.3, 0.4) is 0 Å². The van der Waals surface area contributed by atoms with E-state index in [0.717, 1.165) is 12.3 Å². The summed E-state index contributed by atoms with van der Waals surface area (Å²) in [7, 11) is 0. The maximum Gasteiger partial charge on any atom is 0.142 e. The highest BCUT2D eigenvalue weighted by Crippen LogP contribution is 2.29. The van der Waals surface area contributed by atoms with Gasteiger partial charge in [-0.2, -0.15) is 0 Å². The molecule has 5 nitrogen and oxygen atoms in total. The number of hydrazine groups is 2. The van der Waals surface area contributed by atoms with Gasteiger partial charge in [-0.1, -0.05) is 13.8 Å². The van der Waals surface area contributed by atoms with Crippen LogP contribution in [0.15, 0.2) is 5.10 Å². The van der Waals surface area contributed by atoms with Crippen molar-refractivity contribution in [1.29, 1.82) is 0 Å². The molecule has 0 aromatic carbocycles. The van der Waals surface area contributed by atoms with Crippen molar-refractivity contribution < 1.29 is 0 Å². The number of fused-ring (bicyclic) bond motifs is 3. The standard InChI is InChI=1S/C11H21N5/c1-7(2)8-3-5-10-9(12-8)4-6-11-13-14-15-16(10)11/h7-10,12,14-15H,3-6H2,1-2H3. The van der Waals surface area contributed by atoms with Gasteiger partial charge in [-0.05, 0) is 25.2 Å². The lowest BCUT2D eigenvalue weighted by molar-refractivity contribution is 0.0977. The highest BCUT2D eigenvalue weighted by atomic mass is 15.8. The van der Waals surface area contributed by atoms with Crippen LogP contribution in [0.5, 0.6) is 0 Å². The molecule has 3 aliphatic heterocycles. The molecule has 0 saturated carbocycles. The van der Waals surface area contributed by atoms with E-state index in [0.29, 0.717) is 18.1 Å². The van der Waals surface area contributed by atoms with E-state index in [9.17, 15) is 0 Å². The Hall–Kier alpha value is -0.810. The summed E-state index contributed by atoms with van der Waals surface area (Å²) in [6.45, 7) is 4.62. The van der Waals surface area contributed by atoms with Crippen LogP contribution < -0.4 is 16.4 Å². The van der Waals surface area contributed by atoms with Gasteiger partial charge in [0.2, 0.25) is 0 Å². The Morgan fingerprint density at radius 1 is 1.31 bits per heavy atom. The van der Waals surface area contributed by atoms with Crippen LogP contribution in [-0.2, 0) is 0 Å². The molecule has 0 bridgehead atoms. The van der Waals surface area contributed by atoms with Gasteiger partial charge in [0.1, 0.15) is 5.84 Å². The Kier molecular flexibility index (Phi) is 2.52. The van der Waals surface area contributed by atoms with Crippen molar-refractivity contribution in [2.75, 3.05) is 0 Å². The Labute approximate surface area is 96.6 Å². The summed E-state index contributed by atoms with van der Waals surface area (Å²) >= 11 is 0. The van der Waals surface area contributed by atoms with Gasteiger partial charge in [0.05, 0.1) is 6.04 Å². The molecule has 3 aliphatic rings. The van der Waals surface area contributed by atoms with Crippen LogP contribution in [0.2, 0.25) is 0 Å². The third-order valence-corrected chi connectivity index (χ3v) is 4.11. The molecule has 0 aromatic heterocycles. The summed E-state index contributed by atoms with van der Waals surface area (Å²) in [4.78, 5) is 0. The minimum Gasteiger partial charge on any atom is -0.309 e. The second-order valence-electron chi connectivity index (χ2n) is 5.43. The van der Waals surface area contributed by atoms with Crippen LogP contribution in [0.25, 0.3) is 0 Å². The van der Waals surface area contributed by atoms with Crippen molar-refractivity contribution in [2.24, 2.45) is 11.0 Å². The topological polar surface area (TPSA) is 51.7 Å². The zero-order valence-corrected chi connectivity index (χ0v) is 10.0. The second kappa shape index (κ2) is 3.89. The van der Waals surface area contributed by atoms with Crippen LogP contribution in [0, 0.1) is 5.92 Å². The van der Waals surface area contributed by atoms with Gasteiger partial charge >= 0.3 is 0 Å². The summed E-state index contributed by atoms with van der Waals surface area (Å²) in [5, 5.41) is 10.3. The van der Waals surface area contributed by atoms with Crippen LogP contribution >= 0.6 is 0 Å². The minimum absolute atomic E-state index is 0.567. The summed E-state index contributed by atoms with van der Waals surface area (Å²) in [5.74, 6) is 1.91. The maximum atomic E-state index is 4.26. The lowest BCUT2D eigenvalue weighted by Crippen LogP contribution is -2.64. The first-order chi connectivity index (χ1) is 7.75. The predicted octanol–water partition coefficient (Wildman–Crippen LogP) is 0.564. The van der Waals surface area contributed by atoms with Crippen molar-refractivity contribution in [1.82, 2.24) is 21.4 Å². The van der Waals surface area contributed by atoms with Gasteiger partial charge in [-0.25, -0.2) is 5.53 Å². The number of piperidine rings is 2. The Morgan fingerprint density at radius 2 is 2.19 bits per heavy atom. The average Bonchev–Trinajstić information content (AvgIpc) is 2.76. The molecule has 16 heavy (non-hydrogen) atoms. The van der Waals surface area contributed by atoms with E-state index in [1.54, 1.807) is 0 Å². The number of nitrogens with zero attached hydrogens (tertiary/aromatic N) is 2. The first-order valence-electron chi connectivity index (χ1n) is 6.38. The molecule has 0 radical (unpaired) electrons. The summed E-state index contributed by atoms with van der Waals surface area (Å²) in [5.41, 5.74) is 6.01. The molecule has 90 valence electrons. The van der Waals surface area contributed by atoms with Gasteiger partial charge in [0, 0.05) is 18.5 Å². The van der Waals surface area contributed by atoms with E-state index in [-0.39, 0.29) is 0 Å². The molecule has 3 atom stereocenters. The van der Waals surface area contributed by atoms with Crippen molar-refractivity contribution in [3.63, 3.8) is 0 Å². The van der Waals surface area contributed by atoms with Crippen molar-refractivity contribution in [3.05, 3.63) is 0 Å². The highest BCUT2D eigenvalue weighted by molar-refractivity contribution is 5.83. The number of hydrazone groups is 1. The summed E-state index contributed by atoms with van der Waals surface area (Å²) in [6, 6.07) is 1.88. The Morgan fingerprint density at radius 3 is 3.00 bits per heavy atom. The quantitative estimate of drug-likeness (QED) is 0.608. The van der Waals surface area contributed by atoms with Gasteiger partial charge in [0.15, 0.2) is 0 Å². The van der Waals surface area contributed by atoms with Crippen LogP contribution in [0.1, 0.15) is 39.5 Å². The van der Waals surface area contributed by atoms with Gasteiger partial charge in [-0.3, -0.25) is 5.01 Å². The monoisotopic (exact) mass is 223 g/mol. The number of nitrogens with one attached hydrogen (secondary N) is 3. The molecule has 3 unspecified atom stereocenters. The molecule has 2 fully saturated rings. The van der Waals surface area contributed by atoms with Crippen LogP contribution in [-0.4, -0.2) is 29.0 Å². The fourth-order valence-corrected chi connectivity index (χ4v) is 3.13. The third kappa shape index (κ3) is 1.58. The first kappa shape index (κ1) is 10.4. The zero-order chi connectivity index (χ0) is 11.1. The molecule has 5 heteroatoms. The van der Waals surface area contributed by atoms with Crippen molar-refractivity contribution in [2.45, 2.75) is 57.7 Å². The van der Waals surface area contributed by atoms with Gasteiger partial charge < -0.3 is 5.32 Å². The van der Waals surface area contributed by atoms with Crippen molar-refractivity contribution >= 4 is 5.84 Å². The summed E-state index contributed by atoms with van der Waals surface area (Å²) in [6.07, 6.45) is 4.81. The highest BCUT2D eigenvalue weighted by Gasteiger charge is 2.40. The fraction of sp³-hybridized carbons (Fsp3) is 0.909. The molecule has 0 amide bonds. The number of amidine groups is 1. The van der Waals surface area contributed by atoms with Crippen molar-refractivity contribution in [3.8, 4) is 0 Å². The molecule has 2 saturated heterocycles. The minimum atomic E-state index is 0.567. The SMILES string of the molecule is CC(C)C1CCC2C(CCC3=NNNN32)N1. The first-order valence-corrected chi connectivity index (χ1v) is 6.38. The zero-order valence-electron chi connectivity index (χ0n) is 10.0. The van der Waals surface area contributed by atoms with E-state index in [4.69, 9.17) is 0 Å². The van der Waals surface area contributed by atoms with Gasteiger partial charge in [-0.15, -0.1) is 10.6 Å². The predicted molar refractivity (Wildman–Crippen MR) is 63.4 cm³/mol. The third-order valence-electron chi connectivity index (χ3n) is 4.11. The molecule has 3 rings (SSSR count). The molecule has 0 aromatic rings. The number of hydrogen-bond donors (Lipinski definition) is 3.